The van der Waals surface area contributed by atoms with Crippen molar-refractivity contribution in [3.63, 3.8) is 0 Å². The maximum absolute atomic E-state index is 14.1. The van der Waals surface area contributed by atoms with E-state index in [2.05, 4.69) is 15.6 Å². The van der Waals surface area contributed by atoms with Gasteiger partial charge in [-0.15, -0.1) is 0 Å². The van der Waals surface area contributed by atoms with Crippen LogP contribution in [0, 0.1) is 25.5 Å². The minimum absolute atomic E-state index is 0.0132. The van der Waals surface area contributed by atoms with Crippen molar-refractivity contribution < 1.29 is 32.2 Å². The highest BCUT2D eigenvalue weighted by Crippen LogP contribution is 2.26. The van der Waals surface area contributed by atoms with Gasteiger partial charge in [-0.05, 0) is 62.9 Å². The number of pyridine rings is 1. The van der Waals surface area contributed by atoms with Crippen molar-refractivity contribution in [3.8, 4) is 5.75 Å². The molecule has 1 unspecified atom stereocenters. The molecular formula is C31H33F3N4O4. The first kappa shape index (κ1) is 30.4. The van der Waals surface area contributed by atoms with E-state index in [9.17, 15) is 22.8 Å². The Labute approximate surface area is 241 Å². The number of carbonyl (C=O) groups excluding carboxylic acids is 2. The Kier molecular flexibility index (Phi) is 9.72. The van der Waals surface area contributed by atoms with Crippen LogP contribution in [0.1, 0.15) is 52.6 Å². The lowest BCUT2D eigenvalue weighted by Gasteiger charge is -2.30. The minimum atomic E-state index is -1.00. The number of halogens is 3. The summed E-state index contributed by atoms with van der Waals surface area (Å²) < 4.78 is 54.0. The van der Waals surface area contributed by atoms with Crippen molar-refractivity contribution in [2.75, 3.05) is 13.2 Å². The summed E-state index contributed by atoms with van der Waals surface area (Å²) in [5.74, 6) is -1.70. The van der Waals surface area contributed by atoms with E-state index < -0.39 is 35.8 Å². The Bertz CT molecular complexity index is 1540. The summed E-state index contributed by atoms with van der Waals surface area (Å²) >= 11 is 0. The van der Waals surface area contributed by atoms with E-state index in [0.717, 1.165) is 17.7 Å². The highest BCUT2D eigenvalue weighted by atomic mass is 19.1. The maximum Gasteiger partial charge on any atom is 0.407 e. The van der Waals surface area contributed by atoms with E-state index in [0.29, 0.717) is 16.9 Å². The third-order valence-electron chi connectivity index (χ3n) is 6.76. The van der Waals surface area contributed by atoms with Gasteiger partial charge in [0.1, 0.15) is 30.5 Å². The molecule has 4 aromatic rings. The van der Waals surface area contributed by atoms with Gasteiger partial charge in [-0.2, -0.15) is 0 Å². The van der Waals surface area contributed by atoms with Crippen LogP contribution in [-0.4, -0.2) is 40.1 Å². The lowest BCUT2D eigenvalue weighted by molar-refractivity contribution is 0.0920. The molecule has 0 bridgehead atoms. The molecule has 0 saturated heterocycles. The Balaban J connectivity index is 1.49. The number of carbonyl (C=O) groups is 2. The van der Waals surface area contributed by atoms with Crippen LogP contribution in [0.4, 0.5) is 18.0 Å². The molecule has 0 aliphatic rings. The topological polar surface area (TPSA) is 94.0 Å². The number of fused-ring (bicyclic) bond motifs is 1. The van der Waals surface area contributed by atoms with Crippen molar-refractivity contribution in [2.45, 2.75) is 52.4 Å². The summed E-state index contributed by atoms with van der Waals surface area (Å²) in [4.78, 5) is 30.5. The number of benzene rings is 2. The molecule has 0 aliphatic heterocycles. The molecule has 42 heavy (non-hydrogen) atoms. The standard InChI is InChI=1S/C31H33F3N4O4/c1-20-15-26(41-18-23-24(33)11-7-12-25(23)34)28-36-21(2)27(38(28)16-20)29(39)35-19-31(3,13-8-14-32)37-30(40)42-17-22-9-5-4-6-10-22/h4-7,9-12,15-16H,8,13-14,17-19H2,1-3H3,(H,35,39)(H,37,40). The Hall–Kier alpha value is -4.54. The zero-order valence-electron chi connectivity index (χ0n) is 23.7. The van der Waals surface area contributed by atoms with Crippen LogP contribution in [0.15, 0.2) is 60.8 Å². The number of nitrogens with zero attached hydrogens (tertiary/aromatic N) is 2. The fraction of sp³-hybridized carbons (Fsp3) is 0.323. The number of ether oxygens (including phenoxy) is 2. The SMILES string of the molecule is Cc1cc(OCc2c(F)cccc2F)c2nc(C)c(C(=O)NCC(C)(CCCF)NC(=O)OCc3ccccc3)n2c1. The molecule has 2 N–H and O–H groups in total. The van der Waals surface area contributed by atoms with Gasteiger partial charge >= 0.3 is 6.09 Å². The molecule has 2 aromatic heterocycles. The van der Waals surface area contributed by atoms with Crippen molar-refractivity contribution in [1.82, 2.24) is 20.0 Å². The van der Waals surface area contributed by atoms with Crippen molar-refractivity contribution in [1.29, 1.82) is 0 Å². The lowest BCUT2D eigenvalue weighted by atomic mass is 9.96. The highest BCUT2D eigenvalue weighted by Gasteiger charge is 2.29. The number of aromatic nitrogens is 2. The second-order valence-electron chi connectivity index (χ2n) is 10.3. The smallest absolute Gasteiger partial charge is 0.407 e. The average molecular weight is 583 g/mol. The molecule has 0 fully saturated rings. The predicted octanol–water partition coefficient (Wildman–Crippen LogP) is 5.97. The Morgan fingerprint density at radius 2 is 1.74 bits per heavy atom. The minimum Gasteiger partial charge on any atom is -0.485 e. The normalized spacial score (nSPS) is 12.5. The number of hydrogen-bond donors (Lipinski definition) is 2. The van der Waals surface area contributed by atoms with Gasteiger partial charge in [0.25, 0.3) is 5.91 Å². The number of hydrogen-bond acceptors (Lipinski definition) is 5. The molecule has 4 rings (SSSR count). The van der Waals surface area contributed by atoms with E-state index in [4.69, 9.17) is 9.47 Å². The van der Waals surface area contributed by atoms with Crippen molar-refractivity contribution in [2.24, 2.45) is 0 Å². The largest absolute Gasteiger partial charge is 0.485 e. The maximum atomic E-state index is 14.1. The van der Waals surface area contributed by atoms with Gasteiger partial charge in [-0.3, -0.25) is 13.6 Å². The molecule has 2 heterocycles. The quantitative estimate of drug-likeness (QED) is 0.215. The molecule has 8 nitrogen and oxygen atoms in total. The first-order valence-electron chi connectivity index (χ1n) is 13.5. The molecule has 222 valence electrons. The van der Waals surface area contributed by atoms with E-state index in [1.54, 1.807) is 37.4 Å². The molecule has 0 radical (unpaired) electrons. The zero-order valence-corrected chi connectivity index (χ0v) is 23.7. The first-order valence-corrected chi connectivity index (χ1v) is 13.5. The van der Waals surface area contributed by atoms with E-state index in [-0.39, 0.29) is 49.6 Å². The number of nitrogens with one attached hydrogen (secondary N) is 2. The van der Waals surface area contributed by atoms with E-state index in [1.807, 2.05) is 30.3 Å². The second-order valence-corrected chi connectivity index (χ2v) is 10.3. The summed E-state index contributed by atoms with van der Waals surface area (Å²) in [6, 6.07) is 14.4. The summed E-state index contributed by atoms with van der Waals surface area (Å²) in [5.41, 5.74) is 1.21. The zero-order chi connectivity index (χ0) is 30.3. The van der Waals surface area contributed by atoms with Gasteiger partial charge < -0.3 is 20.1 Å². The number of aryl methyl sites for hydroxylation is 2. The average Bonchev–Trinajstić information content (AvgIpc) is 3.29. The molecule has 0 spiro atoms. The van der Waals surface area contributed by atoms with Crippen LogP contribution in [-0.2, 0) is 18.0 Å². The summed E-state index contributed by atoms with van der Waals surface area (Å²) in [6.45, 7) is 4.23. The third-order valence-corrected chi connectivity index (χ3v) is 6.76. The molecular weight excluding hydrogens is 549 g/mol. The molecule has 1 atom stereocenters. The highest BCUT2D eigenvalue weighted by molar-refractivity contribution is 5.95. The van der Waals surface area contributed by atoms with Crippen molar-refractivity contribution in [3.05, 3.63) is 101 Å². The fourth-order valence-corrected chi connectivity index (χ4v) is 4.57. The molecule has 2 aromatic carbocycles. The fourth-order valence-electron chi connectivity index (χ4n) is 4.57. The molecule has 0 saturated carbocycles. The van der Waals surface area contributed by atoms with Crippen LogP contribution in [0.2, 0.25) is 0 Å². The van der Waals surface area contributed by atoms with Crippen LogP contribution < -0.4 is 15.4 Å². The number of alkyl carbamates (subject to hydrolysis) is 1. The number of rotatable bonds is 12. The van der Waals surface area contributed by atoms with Crippen LogP contribution in [0.5, 0.6) is 5.75 Å². The summed E-state index contributed by atoms with van der Waals surface area (Å²) in [7, 11) is 0. The third kappa shape index (κ3) is 7.39. The summed E-state index contributed by atoms with van der Waals surface area (Å²) in [5, 5.41) is 5.59. The molecule has 0 aliphatic carbocycles. The number of amides is 2. The van der Waals surface area contributed by atoms with Gasteiger partial charge in [0.05, 0.1) is 23.5 Å². The Morgan fingerprint density at radius 3 is 2.43 bits per heavy atom. The van der Waals surface area contributed by atoms with Crippen LogP contribution in [0.3, 0.4) is 0 Å². The molecule has 2 amide bonds. The van der Waals surface area contributed by atoms with Crippen molar-refractivity contribution >= 4 is 17.6 Å². The van der Waals surface area contributed by atoms with Gasteiger partial charge in [0, 0.05) is 12.7 Å². The van der Waals surface area contributed by atoms with Gasteiger partial charge in [-0.1, -0.05) is 36.4 Å². The first-order chi connectivity index (χ1) is 20.1. The number of alkyl halides is 1. The second kappa shape index (κ2) is 13.4. The number of imidazole rings is 1. The van der Waals surface area contributed by atoms with E-state index >= 15 is 0 Å². The van der Waals surface area contributed by atoms with Gasteiger partial charge in [0.15, 0.2) is 11.4 Å². The molecule has 11 heteroatoms. The van der Waals surface area contributed by atoms with E-state index in [1.165, 1.54) is 6.07 Å². The monoisotopic (exact) mass is 582 g/mol. The Morgan fingerprint density at radius 1 is 1.02 bits per heavy atom. The van der Waals surface area contributed by atoms with Gasteiger partial charge in [-0.25, -0.2) is 18.6 Å². The predicted molar refractivity (Wildman–Crippen MR) is 151 cm³/mol. The van der Waals surface area contributed by atoms with Crippen LogP contribution in [0.25, 0.3) is 5.65 Å². The van der Waals surface area contributed by atoms with Gasteiger partial charge in [0.2, 0.25) is 0 Å². The summed E-state index contributed by atoms with van der Waals surface area (Å²) in [6.07, 6.45) is 1.43. The van der Waals surface area contributed by atoms with Crippen LogP contribution >= 0.6 is 0 Å². The lowest BCUT2D eigenvalue weighted by Crippen LogP contribution is -2.53.